The quantitative estimate of drug-likeness (QED) is 0.371. The molecule has 0 aromatic heterocycles. The maximum atomic E-state index is 7.50. The van der Waals surface area contributed by atoms with E-state index in [1.807, 2.05) is 0 Å². The summed E-state index contributed by atoms with van der Waals surface area (Å²) in [6.07, 6.45) is 0. The third-order valence-corrected chi connectivity index (χ3v) is 1.37. The molecule has 1 rings (SSSR count). The Labute approximate surface area is 205 Å². The molecule has 1 aromatic rings. The summed E-state index contributed by atoms with van der Waals surface area (Å²) in [5.74, 6) is 0. The van der Waals surface area contributed by atoms with Gasteiger partial charge in [0, 0.05) is 37.1 Å². The molecule has 0 atom stereocenters. The Morgan fingerprint density at radius 2 is 0.387 bits per heavy atom. The zero-order chi connectivity index (χ0) is 26.9. The van der Waals surface area contributed by atoms with Crippen molar-refractivity contribution in [1.29, 1.82) is 0 Å². The molecular weight excluding hydrogens is 490 g/mol. The Balaban J connectivity index is -0.0000000143. The van der Waals surface area contributed by atoms with Gasteiger partial charge in [0.15, 0.2) is 0 Å². The van der Waals surface area contributed by atoms with Gasteiger partial charge in [-0.25, -0.2) is 0 Å². The normalized spacial score (nSPS) is 3.45. The molecule has 158 valence electrons. The SMILES string of the molecule is Cc1cc(C)cc(C)c1.[C-]#[O+].[C-]#[O+].[C-]#[O+].[C-]#[O+].[C-]#[O+].[C-]#[O+].[C-]#[O+].[C-]#[O+].[C-]#[O+].[C-]#[O+].[V].[V]. The summed E-state index contributed by atoms with van der Waals surface area (Å²) < 4.78 is 75.0. The summed E-state index contributed by atoms with van der Waals surface area (Å²) in [6.45, 7) is 51.4. The summed E-state index contributed by atoms with van der Waals surface area (Å²) in [7, 11) is 0. The number of rotatable bonds is 0. The van der Waals surface area contributed by atoms with Crippen LogP contribution in [0.4, 0.5) is 0 Å². The van der Waals surface area contributed by atoms with E-state index in [9.17, 15) is 0 Å². The predicted molar refractivity (Wildman–Crippen MR) is 79.9 cm³/mol. The van der Waals surface area contributed by atoms with Crippen molar-refractivity contribution in [2.24, 2.45) is 0 Å². The van der Waals surface area contributed by atoms with Crippen LogP contribution < -0.4 is 0 Å². The molecule has 0 saturated heterocycles. The molecule has 0 fully saturated rings. The molecule has 2 radical (unpaired) electrons. The van der Waals surface area contributed by atoms with Crippen molar-refractivity contribution < 1.29 is 83.6 Å². The summed E-state index contributed by atoms with van der Waals surface area (Å²) in [4.78, 5) is 0. The standard InChI is InChI=1S/C9H12.10CO.2V/c1-7-4-8(2)6-9(3)5-7;10*1-2;;/h4-6H,1-3H3;;;;;;;;;;;;. The summed E-state index contributed by atoms with van der Waals surface area (Å²) in [5, 5.41) is 0. The van der Waals surface area contributed by atoms with Crippen LogP contribution in [0, 0.1) is 87.3 Å². The number of hydrogen-bond donors (Lipinski definition) is 0. The Morgan fingerprint density at radius 3 is 0.452 bits per heavy atom. The van der Waals surface area contributed by atoms with Crippen molar-refractivity contribution in [2.45, 2.75) is 20.8 Å². The van der Waals surface area contributed by atoms with Gasteiger partial charge in [-0.05, 0) is 20.8 Å². The smallest absolute Gasteiger partial charge is 0 e. The van der Waals surface area contributed by atoms with Crippen molar-refractivity contribution in [1.82, 2.24) is 0 Å². The van der Waals surface area contributed by atoms with Crippen LogP contribution in [-0.2, 0) is 83.6 Å². The Hall–Kier alpha value is -2.21. The fourth-order valence-corrected chi connectivity index (χ4v) is 1.20. The zero-order valence-corrected chi connectivity index (χ0v) is 19.0. The fraction of sp³-hybridized carbons (Fsp3) is 0.158. The first-order chi connectivity index (χ1) is 14.2. The summed E-state index contributed by atoms with van der Waals surface area (Å²) in [6, 6.07) is 6.56. The van der Waals surface area contributed by atoms with Crippen LogP contribution in [0.5, 0.6) is 0 Å². The van der Waals surface area contributed by atoms with Gasteiger partial charge in [-0.2, -0.15) is 0 Å². The van der Waals surface area contributed by atoms with Gasteiger partial charge in [0.2, 0.25) is 0 Å². The second-order valence-corrected chi connectivity index (χ2v) is 2.67. The van der Waals surface area contributed by atoms with E-state index in [4.69, 9.17) is 46.5 Å². The largest absolute Gasteiger partial charge is 0 e. The second-order valence-electron chi connectivity index (χ2n) is 2.67. The van der Waals surface area contributed by atoms with Crippen LogP contribution in [0.25, 0.3) is 0 Å². The molecule has 0 aliphatic rings. The van der Waals surface area contributed by atoms with Gasteiger partial charge in [-0.3, -0.25) is 0 Å². The average molecular weight is 502 g/mol. The van der Waals surface area contributed by atoms with Gasteiger partial charge >= 0.3 is 113 Å². The zero-order valence-electron chi connectivity index (χ0n) is 16.2. The predicted octanol–water partition coefficient (Wildman–Crippen LogP) is 2.23. The van der Waals surface area contributed by atoms with Crippen LogP contribution in [-0.4, -0.2) is 0 Å². The van der Waals surface area contributed by atoms with Gasteiger partial charge in [0.1, 0.15) is 0 Å². The molecule has 0 saturated carbocycles. The van der Waals surface area contributed by atoms with Crippen LogP contribution in [0.1, 0.15) is 16.7 Å². The fourth-order valence-electron chi connectivity index (χ4n) is 1.20. The Bertz CT molecular complexity index is 454. The van der Waals surface area contributed by atoms with Gasteiger partial charge in [0.05, 0.1) is 0 Å². The van der Waals surface area contributed by atoms with E-state index in [1.165, 1.54) is 16.7 Å². The minimum Gasteiger partial charge on any atom is 0 e. The Kier molecular flexibility index (Phi) is 530. The molecule has 31 heavy (non-hydrogen) atoms. The van der Waals surface area contributed by atoms with E-state index in [0.717, 1.165) is 0 Å². The van der Waals surface area contributed by atoms with Crippen LogP contribution in [0.2, 0.25) is 0 Å². The first-order valence-corrected chi connectivity index (χ1v) is 5.27. The molecule has 0 unspecified atom stereocenters. The van der Waals surface area contributed by atoms with Crippen molar-refractivity contribution in [3.05, 3.63) is 101 Å². The van der Waals surface area contributed by atoms with Crippen LogP contribution >= 0.6 is 0 Å². The molecule has 0 heterocycles. The van der Waals surface area contributed by atoms with Crippen molar-refractivity contribution in [2.75, 3.05) is 0 Å². The van der Waals surface area contributed by atoms with E-state index in [2.05, 4.69) is 105 Å². The van der Waals surface area contributed by atoms with E-state index < -0.39 is 0 Å². The van der Waals surface area contributed by atoms with Crippen LogP contribution in [0.15, 0.2) is 18.2 Å². The first-order valence-electron chi connectivity index (χ1n) is 5.27. The molecule has 0 aliphatic heterocycles. The van der Waals surface area contributed by atoms with Gasteiger partial charge < -0.3 is 0 Å². The maximum Gasteiger partial charge on any atom is 0 e. The van der Waals surface area contributed by atoms with Gasteiger partial charge in [-0.15, -0.1) is 0 Å². The summed E-state index contributed by atoms with van der Waals surface area (Å²) in [5.41, 5.74) is 4.06. The topological polar surface area (TPSA) is 199 Å². The first kappa shape index (κ1) is 78.9. The number of hydrogen-bond acceptors (Lipinski definition) is 0. The molecule has 12 heteroatoms. The molecule has 0 spiro atoms. The van der Waals surface area contributed by atoms with E-state index in [0.29, 0.717) is 0 Å². The number of aryl methyl sites for hydroxylation is 3. The van der Waals surface area contributed by atoms with Crippen LogP contribution in [0.3, 0.4) is 0 Å². The maximum absolute atomic E-state index is 7.50. The molecule has 0 bridgehead atoms. The monoisotopic (exact) mass is 502 g/mol. The molecule has 1 aromatic carbocycles. The van der Waals surface area contributed by atoms with Gasteiger partial charge in [-0.1, -0.05) is 34.9 Å². The van der Waals surface area contributed by atoms with E-state index in [-0.39, 0.29) is 37.1 Å². The minimum atomic E-state index is 0. The van der Waals surface area contributed by atoms with Crippen molar-refractivity contribution >= 4 is 0 Å². The van der Waals surface area contributed by atoms with Crippen molar-refractivity contribution in [3.8, 4) is 0 Å². The third-order valence-electron chi connectivity index (χ3n) is 1.37. The Morgan fingerprint density at radius 1 is 0.323 bits per heavy atom. The second kappa shape index (κ2) is 208. The molecule has 0 amide bonds. The van der Waals surface area contributed by atoms with Gasteiger partial charge in [0.25, 0.3) is 0 Å². The molecular formula is C19H12O10V2. The third kappa shape index (κ3) is 193. The minimum absolute atomic E-state index is 0. The van der Waals surface area contributed by atoms with Crippen molar-refractivity contribution in [3.63, 3.8) is 0 Å². The molecule has 10 nitrogen and oxygen atoms in total. The molecule has 0 N–H and O–H groups in total. The summed E-state index contributed by atoms with van der Waals surface area (Å²) >= 11 is 0. The molecule has 0 aliphatic carbocycles. The van der Waals surface area contributed by atoms with E-state index >= 15 is 0 Å². The number of benzene rings is 1. The van der Waals surface area contributed by atoms with E-state index in [1.54, 1.807) is 0 Å². The average Bonchev–Trinajstić information content (AvgIpc) is 2.86.